The van der Waals surface area contributed by atoms with Crippen LogP contribution in [-0.4, -0.2) is 28.7 Å². The summed E-state index contributed by atoms with van der Waals surface area (Å²) < 4.78 is 0. The molecule has 1 saturated heterocycles. The lowest BCUT2D eigenvalue weighted by Gasteiger charge is -2.36. The van der Waals surface area contributed by atoms with E-state index in [1.807, 2.05) is 12.1 Å². The van der Waals surface area contributed by atoms with Gasteiger partial charge in [0.2, 0.25) is 11.8 Å². The summed E-state index contributed by atoms with van der Waals surface area (Å²) in [4.78, 5) is 41.1. The van der Waals surface area contributed by atoms with Crippen LogP contribution in [-0.2, 0) is 22.7 Å². The van der Waals surface area contributed by atoms with Crippen LogP contribution < -0.4 is 10.2 Å². The number of piperidine rings is 1. The van der Waals surface area contributed by atoms with Crippen LogP contribution in [0.15, 0.2) is 72.8 Å². The standard InChI is InChI=1S/C30H27N3O3/c1-19-5-4-7-22(15-19)26-12-10-21-6-2-3-8-25(21)32(26)17-20-9-11-24-23(16-20)18-33(30(24)36)27-13-14-28(34)31-29(27)35/h2-12,15-16,26-27H,13-14,17-18H2,1H3,(H,31,34,35). The van der Waals surface area contributed by atoms with E-state index < -0.39 is 6.04 Å². The highest BCUT2D eigenvalue weighted by Crippen LogP contribution is 2.38. The second kappa shape index (κ2) is 8.79. The van der Waals surface area contributed by atoms with Crippen molar-refractivity contribution in [3.63, 3.8) is 0 Å². The molecule has 36 heavy (non-hydrogen) atoms. The molecule has 1 fully saturated rings. The summed E-state index contributed by atoms with van der Waals surface area (Å²) >= 11 is 0. The van der Waals surface area contributed by atoms with Gasteiger partial charge in [0, 0.05) is 30.8 Å². The minimum atomic E-state index is -0.601. The second-order valence-corrected chi connectivity index (χ2v) is 9.80. The van der Waals surface area contributed by atoms with Crippen LogP contribution in [0.1, 0.15) is 57.1 Å². The fraction of sp³-hybridized carbons (Fsp3) is 0.233. The molecule has 180 valence electrons. The molecule has 0 bridgehead atoms. The SMILES string of the molecule is Cc1cccc(C2C=Cc3ccccc3N2Cc2ccc3c(c2)CN(C2CCC(=O)NC2=O)C3=O)c1. The fourth-order valence-electron chi connectivity index (χ4n) is 5.59. The Morgan fingerprint density at radius 1 is 0.972 bits per heavy atom. The van der Waals surface area contributed by atoms with Gasteiger partial charge in [-0.25, -0.2) is 0 Å². The summed E-state index contributed by atoms with van der Waals surface area (Å²) in [6.07, 6.45) is 5.06. The van der Waals surface area contributed by atoms with E-state index >= 15 is 0 Å². The average Bonchev–Trinajstić information content (AvgIpc) is 3.19. The summed E-state index contributed by atoms with van der Waals surface area (Å²) in [7, 11) is 0. The number of carbonyl (C=O) groups excluding carboxylic acids is 3. The van der Waals surface area contributed by atoms with Gasteiger partial charge in [-0.2, -0.15) is 0 Å². The molecule has 3 aromatic carbocycles. The van der Waals surface area contributed by atoms with Gasteiger partial charge in [0.1, 0.15) is 6.04 Å². The minimum absolute atomic E-state index is 0.0923. The Morgan fingerprint density at radius 3 is 2.67 bits per heavy atom. The van der Waals surface area contributed by atoms with E-state index in [2.05, 4.69) is 83.9 Å². The Hall–Kier alpha value is -4.19. The van der Waals surface area contributed by atoms with Crippen molar-refractivity contribution in [3.8, 4) is 0 Å². The Labute approximate surface area is 210 Å². The molecule has 2 atom stereocenters. The molecule has 0 radical (unpaired) electrons. The largest absolute Gasteiger partial charge is 0.356 e. The van der Waals surface area contributed by atoms with Gasteiger partial charge >= 0.3 is 0 Å². The van der Waals surface area contributed by atoms with E-state index in [1.165, 1.54) is 22.4 Å². The zero-order chi connectivity index (χ0) is 24.8. The molecule has 0 aliphatic carbocycles. The molecule has 6 nitrogen and oxygen atoms in total. The Bertz CT molecular complexity index is 1430. The number of aryl methyl sites for hydroxylation is 1. The molecule has 6 heteroatoms. The first-order chi connectivity index (χ1) is 17.5. The number of carbonyl (C=O) groups is 3. The Kier molecular flexibility index (Phi) is 5.44. The summed E-state index contributed by atoms with van der Waals surface area (Å²) in [6.45, 7) is 3.17. The summed E-state index contributed by atoms with van der Waals surface area (Å²) in [5.74, 6) is -0.804. The van der Waals surface area contributed by atoms with Gasteiger partial charge in [-0.1, -0.05) is 72.3 Å². The third-order valence-electron chi connectivity index (χ3n) is 7.36. The monoisotopic (exact) mass is 477 g/mol. The highest BCUT2D eigenvalue weighted by atomic mass is 16.2. The van der Waals surface area contributed by atoms with Crippen LogP contribution in [0, 0.1) is 6.92 Å². The summed E-state index contributed by atoms with van der Waals surface area (Å²) in [6, 6.07) is 22.5. The van der Waals surface area contributed by atoms with Crippen molar-refractivity contribution in [2.45, 2.75) is 44.9 Å². The first kappa shape index (κ1) is 22.3. The number of rotatable bonds is 4. The van der Waals surface area contributed by atoms with Gasteiger partial charge in [-0.15, -0.1) is 0 Å². The average molecular weight is 478 g/mol. The lowest BCUT2D eigenvalue weighted by Crippen LogP contribution is -2.52. The predicted molar refractivity (Wildman–Crippen MR) is 138 cm³/mol. The smallest absolute Gasteiger partial charge is 0.255 e. The molecule has 3 heterocycles. The van der Waals surface area contributed by atoms with Gasteiger partial charge in [-0.3, -0.25) is 19.7 Å². The van der Waals surface area contributed by atoms with Crippen molar-refractivity contribution >= 4 is 29.5 Å². The second-order valence-electron chi connectivity index (χ2n) is 9.80. The van der Waals surface area contributed by atoms with Crippen molar-refractivity contribution in [3.05, 3.63) is 106 Å². The molecule has 3 amide bonds. The van der Waals surface area contributed by atoms with Crippen LogP contribution >= 0.6 is 0 Å². The Balaban J connectivity index is 1.30. The molecular weight excluding hydrogens is 450 g/mol. The number of hydrogen-bond donors (Lipinski definition) is 1. The minimum Gasteiger partial charge on any atom is -0.356 e. The number of benzene rings is 3. The predicted octanol–water partition coefficient (Wildman–Crippen LogP) is 4.53. The van der Waals surface area contributed by atoms with Gasteiger partial charge < -0.3 is 9.80 Å². The topological polar surface area (TPSA) is 69.7 Å². The van der Waals surface area contributed by atoms with Crippen LogP contribution in [0.2, 0.25) is 0 Å². The highest BCUT2D eigenvalue weighted by molar-refractivity contribution is 6.05. The maximum Gasteiger partial charge on any atom is 0.255 e. The zero-order valence-corrected chi connectivity index (χ0v) is 20.1. The summed E-state index contributed by atoms with van der Waals surface area (Å²) in [5, 5.41) is 2.37. The van der Waals surface area contributed by atoms with E-state index in [4.69, 9.17) is 0 Å². The third-order valence-corrected chi connectivity index (χ3v) is 7.36. The van der Waals surface area contributed by atoms with Crippen molar-refractivity contribution in [1.29, 1.82) is 0 Å². The van der Waals surface area contributed by atoms with Crippen molar-refractivity contribution in [2.24, 2.45) is 0 Å². The van der Waals surface area contributed by atoms with E-state index in [-0.39, 0.29) is 30.2 Å². The molecule has 1 N–H and O–H groups in total. The van der Waals surface area contributed by atoms with Crippen LogP contribution in [0.3, 0.4) is 0 Å². The molecule has 3 aliphatic heterocycles. The van der Waals surface area contributed by atoms with Gasteiger partial charge in [-0.05, 0) is 47.7 Å². The Morgan fingerprint density at radius 2 is 1.83 bits per heavy atom. The number of fused-ring (bicyclic) bond motifs is 2. The number of anilines is 1. The first-order valence-corrected chi connectivity index (χ1v) is 12.3. The quantitative estimate of drug-likeness (QED) is 0.561. The number of imide groups is 1. The number of amides is 3. The van der Waals surface area contributed by atoms with E-state index in [1.54, 1.807) is 4.90 Å². The number of hydrogen-bond acceptors (Lipinski definition) is 4. The third kappa shape index (κ3) is 3.88. The number of nitrogens with zero attached hydrogens (tertiary/aromatic N) is 2. The first-order valence-electron chi connectivity index (χ1n) is 12.3. The highest BCUT2D eigenvalue weighted by Gasteiger charge is 2.39. The maximum absolute atomic E-state index is 13.1. The van der Waals surface area contributed by atoms with Gasteiger partial charge in [0.15, 0.2) is 0 Å². The van der Waals surface area contributed by atoms with Crippen molar-refractivity contribution in [1.82, 2.24) is 10.2 Å². The molecule has 2 unspecified atom stereocenters. The van der Waals surface area contributed by atoms with Crippen LogP contribution in [0.5, 0.6) is 0 Å². The molecule has 3 aromatic rings. The molecule has 6 rings (SSSR count). The molecule has 0 aromatic heterocycles. The normalized spacial score (nSPS) is 20.9. The van der Waals surface area contributed by atoms with Crippen molar-refractivity contribution in [2.75, 3.05) is 4.90 Å². The molecule has 0 spiro atoms. The fourth-order valence-corrected chi connectivity index (χ4v) is 5.59. The van der Waals surface area contributed by atoms with Crippen molar-refractivity contribution < 1.29 is 14.4 Å². The molecule has 0 saturated carbocycles. The van der Waals surface area contributed by atoms with Gasteiger partial charge in [0.25, 0.3) is 5.91 Å². The lowest BCUT2D eigenvalue weighted by molar-refractivity contribution is -0.136. The summed E-state index contributed by atoms with van der Waals surface area (Å²) in [5.41, 5.74) is 7.49. The van der Waals surface area contributed by atoms with Crippen LogP contribution in [0.25, 0.3) is 6.08 Å². The lowest BCUT2D eigenvalue weighted by atomic mass is 9.95. The molecule has 3 aliphatic rings. The molecular formula is C30H27N3O3. The van der Waals surface area contributed by atoms with E-state index in [9.17, 15) is 14.4 Å². The van der Waals surface area contributed by atoms with Gasteiger partial charge in [0.05, 0.1) is 6.04 Å². The van der Waals surface area contributed by atoms with Crippen LogP contribution in [0.4, 0.5) is 5.69 Å². The number of nitrogens with one attached hydrogen (secondary N) is 1. The van der Waals surface area contributed by atoms with E-state index in [0.29, 0.717) is 25.1 Å². The maximum atomic E-state index is 13.1. The van der Waals surface area contributed by atoms with E-state index in [0.717, 1.165) is 11.1 Å². The zero-order valence-electron chi connectivity index (χ0n) is 20.1. The number of para-hydroxylation sites is 1.